The van der Waals surface area contributed by atoms with Crippen molar-refractivity contribution in [1.29, 1.82) is 0 Å². The highest BCUT2D eigenvalue weighted by molar-refractivity contribution is 7.91. The molecular formula is C20H20N2O3S. The summed E-state index contributed by atoms with van der Waals surface area (Å²) in [6.45, 7) is 0. The van der Waals surface area contributed by atoms with Gasteiger partial charge in [-0.2, -0.15) is 0 Å². The Balaban J connectivity index is 1.46. The van der Waals surface area contributed by atoms with Gasteiger partial charge in [0.25, 0.3) is 0 Å². The van der Waals surface area contributed by atoms with Crippen molar-refractivity contribution in [2.45, 2.75) is 30.2 Å². The fraction of sp³-hybridized carbons (Fsp3) is 0.250. The van der Waals surface area contributed by atoms with E-state index in [4.69, 9.17) is 0 Å². The Morgan fingerprint density at radius 2 is 1.88 bits per heavy atom. The van der Waals surface area contributed by atoms with E-state index in [1.54, 1.807) is 18.2 Å². The summed E-state index contributed by atoms with van der Waals surface area (Å²) in [5, 5.41) is 4.14. The summed E-state index contributed by atoms with van der Waals surface area (Å²) < 4.78 is 24.4. The van der Waals surface area contributed by atoms with Gasteiger partial charge in [0.2, 0.25) is 5.91 Å². The lowest BCUT2D eigenvalue weighted by Crippen LogP contribution is -2.34. The maximum atomic E-state index is 12.4. The fourth-order valence-corrected chi connectivity index (χ4v) is 5.21. The number of H-pyrrole nitrogens is 1. The number of amides is 1. The normalized spacial score (nSPS) is 18.4. The molecule has 0 fully saturated rings. The van der Waals surface area contributed by atoms with E-state index in [2.05, 4.69) is 10.3 Å². The van der Waals surface area contributed by atoms with Crippen LogP contribution in [0.4, 0.5) is 0 Å². The van der Waals surface area contributed by atoms with Crippen molar-refractivity contribution in [1.82, 2.24) is 10.3 Å². The van der Waals surface area contributed by atoms with E-state index in [1.165, 1.54) is 0 Å². The minimum absolute atomic E-state index is 0.0608. The fourth-order valence-electron chi connectivity index (χ4n) is 3.59. The van der Waals surface area contributed by atoms with E-state index in [0.717, 1.165) is 16.5 Å². The number of aromatic nitrogens is 1. The van der Waals surface area contributed by atoms with Crippen molar-refractivity contribution < 1.29 is 13.2 Å². The lowest BCUT2D eigenvalue weighted by Gasteiger charge is -2.26. The van der Waals surface area contributed by atoms with Crippen LogP contribution >= 0.6 is 0 Å². The quantitative estimate of drug-likeness (QED) is 0.742. The SMILES string of the molecule is O=C(CCc1c[nH]c2ccccc12)N[C@@H]1CCS(=O)(=O)c2ccccc21. The number of sulfone groups is 1. The average molecular weight is 368 g/mol. The van der Waals surface area contributed by atoms with Crippen LogP contribution in [0.5, 0.6) is 0 Å². The highest BCUT2D eigenvalue weighted by Gasteiger charge is 2.30. The molecule has 0 spiro atoms. The number of rotatable bonds is 4. The molecule has 2 heterocycles. The first kappa shape index (κ1) is 16.8. The summed E-state index contributed by atoms with van der Waals surface area (Å²) in [7, 11) is -3.24. The smallest absolute Gasteiger partial charge is 0.220 e. The number of nitrogens with one attached hydrogen (secondary N) is 2. The van der Waals surface area contributed by atoms with Gasteiger partial charge in [-0.1, -0.05) is 36.4 Å². The van der Waals surface area contributed by atoms with Crippen LogP contribution in [0, 0.1) is 0 Å². The molecule has 1 aliphatic rings. The van der Waals surface area contributed by atoms with Crippen molar-refractivity contribution in [3.63, 3.8) is 0 Å². The monoisotopic (exact) mass is 368 g/mol. The summed E-state index contributed by atoms with van der Waals surface area (Å²) >= 11 is 0. The van der Waals surface area contributed by atoms with Crippen molar-refractivity contribution in [3.8, 4) is 0 Å². The van der Waals surface area contributed by atoms with E-state index < -0.39 is 9.84 Å². The van der Waals surface area contributed by atoms with Crippen molar-refractivity contribution in [2.24, 2.45) is 0 Å². The predicted molar refractivity (Wildman–Crippen MR) is 101 cm³/mol. The molecule has 26 heavy (non-hydrogen) atoms. The Hall–Kier alpha value is -2.60. The molecule has 0 saturated carbocycles. The first-order valence-corrected chi connectivity index (χ1v) is 10.4. The van der Waals surface area contributed by atoms with Gasteiger partial charge in [-0.3, -0.25) is 4.79 Å². The summed E-state index contributed by atoms with van der Waals surface area (Å²) in [6.07, 6.45) is 3.37. The van der Waals surface area contributed by atoms with Gasteiger partial charge < -0.3 is 10.3 Å². The van der Waals surface area contributed by atoms with Crippen LogP contribution in [0.25, 0.3) is 10.9 Å². The van der Waals surface area contributed by atoms with Crippen LogP contribution in [-0.4, -0.2) is 25.1 Å². The van der Waals surface area contributed by atoms with Crippen LogP contribution < -0.4 is 5.32 Å². The van der Waals surface area contributed by atoms with Gasteiger partial charge in [0.1, 0.15) is 0 Å². The molecule has 1 aliphatic heterocycles. The zero-order valence-corrected chi connectivity index (χ0v) is 15.1. The second-order valence-corrected chi connectivity index (χ2v) is 8.70. The number of hydrogen-bond donors (Lipinski definition) is 2. The van der Waals surface area contributed by atoms with Crippen LogP contribution in [-0.2, 0) is 21.1 Å². The van der Waals surface area contributed by atoms with Gasteiger partial charge in [-0.25, -0.2) is 8.42 Å². The molecular weight excluding hydrogens is 348 g/mol. The Labute approximate surface area is 152 Å². The third kappa shape index (κ3) is 3.12. The minimum Gasteiger partial charge on any atom is -0.361 e. The molecule has 134 valence electrons. The molecule has 2 N–H and O–H groups in total. The molecule has 1 aromatic heterocycles. The number of aryl methyl sites for hydroxylation is 1. The summed E-state index contributed by atoms with van der Waals surface area (Å²) in [5.74, 6) is 0.00612. The maximum absolute atomic E-state index is 12.4. The first-order valence-electron chi connectivity index (χ1n) is 8.71. The summed E-state index contributed by atoms with van der Waals surface area (Å²) in [6, 6.07) is 14.7. The van der Waals surface area contributed by atoms with Crippen molar-refractivity contribution in [2.75, 3.05) is 5.75 Å². The lowest BCUT2D eigenvalue weighted by molar-refractivity contribution is -0.121. The zero-order valence-electron chi connectivity index (χ0n) is 14.2. The molecule has 0 bridgehead atoms. The number of para-hydroxylation sites is 1. The third-order valence-corrected chi connectivity index (χ3v) is 6.75. The maximum Gasteiger partial charge on any atom is 0.220 e. The molecule has 6 heteroatoms. The Morgan fingerprint density at radius 3 is 2.77 bits per heavy atom. The average Bonchev–Trinajstić information content (AvgIpc) is 3.06. The molecule has 5 nitrogen and oxygen atoms in total. The summed E-state index contributed by atoms with van der Waals surface area (Å²) in [4.78, 5) is 16.0. The molecule has 0 radical (unpaired) electrons. The largest absolute Gasteiger partial charge is 0.361 e. The second-order valence-electron chi connectivity index (χ2n) is 6.62. The Bertz CT molecular complexity index is 1070. The topological polar surface area (TPSA) is 79.0 Å². The second kappa shape index (κ2) is 6.61. The minimum atomic E-state index is -3.24. The summed E-state index contributed by atoms with van der Waals surface area (Å²) in [5.41, 5.74) is 2.87. The first-order chi connectivity index (χ1) is 12.5. The van der Waals surface area contributed by atoms with Gasteiger partial charge in [-0.15, -0.1) is 0 Å². The van der Waals surface area contributed by atoms with E-state index >= 15 is 0 Å². The number of fused-ring (bicyclic) bond motifs is 2. The van der Waals surface area contributed by atoms with E-state index in [-0.39, 0.29) is 17.7 Å². The molecule has 1 atom stereocenters. The van der Waals surface area contributed by atoms with Crippen LogP contribution in [0.1, 0.15) is 30.0 Å². The number of hydrogen-bond acceptors (Lipinski definition) is 3. The zero-order chi connectivity index (χ0) is 18.1. The molecule has 0 unspecified atom stereocenters. The van der Waals surface area contributed by atoms with Crippen LogP contribution in [0.15, 0.2) is 59.6 Å². The predicted octanol–water partition coefficient (Wildman–Crippen LogP) is 3.14. The van der Waals surface area contributed by atoms with Gasteiger partial charge in [0, 0.05) is 23.5 Å². The van der Waals surface area contributed by atoms with Gasteiger partial charge in [-0.05, 0) is 36.1 Å². The van der Waals surface area contributed by atoms with Gasteiger partial charge in [0.05, 0.1) is 16.7 Å². The molecule has 0 aliphatic carbocycles. The number of carbonyl (C=O) groups excluding carboxylic acids is 1. The number of carbonyl (C=O) groups is 1. The number of benzene rings is 2. The van der Waals surface area contributed by atoms with Crippen molar-refractivity contribution >= 4 is 26.6 Å². The standard InChI is InChI=1S/C20H20N2O3S/c23-20(10-9-14-13-21-17-7-3-1-5-15(14)17)22-18-11-12-26(24,25)19-8-4-2-6-16(18)19/h1-8,13,18,21H,9-12H2,(H,22,23)/t18-/m1/s1. The highest BCUT2D eigenvalue weighted by atomic mass is 32.2. The molecule has 4 rings (SSSR count). The molecule has 2 aromatic carbocycles. The molecule has 3 aromatic rings. The van der Waals surface area contributed by atoms with E-state index in [0.29, 0.717) is 29.7 Å². The van der Waals surface area contributed by atoms with E-state index in [9.17, 15) is 13.2 Å². The Morgan fingerprint density at radius 1 is 1.12 bits per heavy atom. The lowest BCUT2D eigenvalue weighted by atomic mass is 10.0. The van der Waals surface area contributed by atoms with Crippen molar-refractivity contribution in [3.05, 3.63) is 65.9 Å². The molecule has 0 saturated heterocycles. The molecule has 1 amide bonds. The van der Waals surface area contributed by atoms with E-state index in [1.807, 2.05) is 36.5 Å². The third-order valence-electron chi connectivity index (χ3n) is 4.94. The number of aromatic amines is 1. The highest BCUT2D eigenvalue weighted by Crippen LogP contribution is 2.32. The van der Waals surface area contributed by atoms with Crippen LogP contribution in [0.2, 0.25) is 0 Å². The van der Waals surface area contributed by atoms with Gasteiger partial charge in [0.15, 0.2) is 9.84 Å². The van der Waals surface area contributed by atoms with Gasteiger partial charge >= 0.3 is 0 Å². The Kier molecular flexibility index (Phi) is 4.28. The van der Waals surface area contributed by atoms with Crippen LogP contribution in [0.3, 0.4) is 0 Å².